The van der Waals surface area contributed by atoms with Crippen molar-refractivity contribution in [2.24, 2.45) is 0 Å². The van der Waals surface area contributed by atoms with Gasteiger partial charge in [-0.1, -0.05) is 42.5 Å². The van der Waals surface area contributed by atoms with Crippen LogP contribution in [0, 0.1) is 0 Å². The molecule has 7 rings (SSSR count). The van der Waals surface area contributed by atoms with Crippen LogP contribution in [0.3, 0.4) is 0 Å². The molecule has 3 heterocycles. The maximum Gasteiger partial charge on any atom is 0.207 e. The highest BCUT2D eigenvalue weighted by Gasteiger charge is 2.78. The summed E-state index contributed by atoms with van der Waals surface area (Å²) in [6.45, 7) is 6.62. The maximum absolute atomic E-state index is 12.6. The fraction of sp³-hybridized carbons (Fsp3) is 0.500. The summed E-state index contributed by atoms with van der Waals surface area (Å²) in [5, 5.41) is 24.2. The van der Waals surface area contributed by atoms with E-state index >= 15 is 0 Å². The summed E-state index contributed by atoms with van der Waals surface area (Å²) in [5.41, 5.74) is 0.770. The van der Waals surface area contributed by atoms with E-state index in [1.807, 2.05) is 48.5 Å². The first-order valence-corrected chi connectivity index (χ1v) is 12.6. The minimum Gasteiger partial charge on any atom is -0.485 e. The van der Waals surface area contributed by atoms with Crippen LogP contribution in [0.5, 0.6) is 11.5 Å². The zero-order chi connectivity index (χ0) is 23.8. The van der Waals surface area contributed by atoms with Crippen molar-refractivity contribution in [2.75, 3.05) is 26.3 Å². The molecule has 35 heavy (non-hydrogen) atoms. The van der Waals surface area contributed by atoms with E-state index in [0.29, 0.717) is 63.7 Å². The Morgan fingerprint density at radius 1 is 1.09 bits per heavy atom. The van der Waals surface area contributed by atoms with Gasteiger partial charge in [0.05, 0.1) is 36.4 Å². The smallest absolute Gasteiger partial charge is 0.207 e. The molecular weight excluding hydrogens is 446 g/mol. The number of rotatable bonds is 5. The molecule has 2 aromatic carbocycles. The highest BCUT2D eigenvalue weighted by Crippen LogP contribution is 2.69. The number of ether oxygens (including phenoxy) is 4. The van der Waals surface area contributed by atoms with Crippen molar-refractivity contribution in [3.63, 3.8) is 0 Å². The summed E-state index contributed by atoms with van der Waals surface area (Å²) in [6, 6.07) is 13.4. The Morgan fingerprint density at radius 2 is 1.89 bits per heavy atom. The monoisotopic (exact) mass is 477 g/mol. The minimum absolute atomic E-state index is 0.397. The van der Waals surface area contributed by atoms with Crippen LogP contribution in [0.2, 0.25) is 0 Å². The lowest BCUT2D eigenvalue weighted by Crippen LogP contribution is -2.80. The van der Waals surface area contributed by atoms with E-state index in [2.05, 4.69) is 11.5 Å². The van der Waals surface area contributed by atoms with Crippen LogP contribution in [0.1, 0.15) is 42.1 Å². The van der Waals surface area contributed by atoms with Gasteiger partial charge in [0.2, 0.25) is 5.79 Å². The first-order valence-electron chi connectivity index (χ1n) is 12.6. The van der Waals surface area contributed by atoms with E-state index in [4.69, 9.17) is 18.9 Å². The van der Waals surface area contributed by atoms with Crippen LogP contribution in [-0.4, -0.2) is 65.0 Å². The second-order valence-electron chi connectivity index (χ2n) is 10.5. The number of nitrogens with zero attached hydrogens (tertiary/aromatic N) is 1. The number of hydrogen-bond donors (Lipinski definition) is 2. The molecule has 2 bridgehead atoms. The molecule has 2 saturated heterocycles. The van der Waals surface area contributed by atoms with Crippen LogP contribution < -0.4 is 9.47 Å². The Kier molecular flexibility index (Phi) is 4.70. The van der Waals surface area contributed by atoms with Gasteiger partial charge in [0, 0.05) is 25.1 Å². The molecule has 2 N–H and O–H groups in total. The molecule has 3 aliphatic heterocycles. The number of piperidine rings is 1. The van der Waals surface area contributed by atoms with Crippen LogP contribution in [0.15, 0.2) is 55.1 Å². The molecule has 5 aliphatic rings. The zero-order valence-electron chi connectivity index (χ0n) is 19.7. The van der Waals surface area contributed by atoms with Crippen LogP contribution in [-0.2, 0) is 21.5 Å². The van der Waals surface area contributed by atoms with Crippen molar-refractivity contribution in [1.82, 2.24) is 4.90 Å². The molecule has 2 aliphatic carbocycles. The van der Waals surface area contributed by atoms with Crippen LogP contribution >= 0.6 is 0 Å². The summed E-state index contributed by atoms with van der Waals surface area (Å²) in [6.07, 6.45) is 2.09. The van der Waals surface area contributed by atoms with Crippen molar-refractivity contribution < 1.29 is 29.2 Å². The summed E-state index contributed by atoms with van der Waals surface area (Å²) in [4.78, 5) is 2.16. The highest BCUT2D eigenvalue weighted by atomic mass is 16.8. The van der Waals surface area contributed by atoms with E-state index in [9.17, 15) is 10.2 Å². The van der Waals surface area contributed by atoms with Crippen molar-refractivity contribution in [2.45, 2.75) is 60.9 Å². The Balaban J connectivity index is 1.39. The van der Waals surface area contributed by atoms with Gasteiger partial charge in [-0.15, -0.1) is 6.58 Å². The molecule has 5 atom stereocenters. The number of aliphatic hydroxyl groups excluding tert-OH is 1. The normalized spacial score (nSPS) is 36.0. The van der Waals surface area contributed by atoms with E-state index in [1.165, 1.54) is 0 Å². The largest absolute Gasteiger partial charge is 0.485 e. The Bertz CT molecular complexity index is 1160. The molecule has 2 spiro atoms. The van der Waals surface area contributed by atoms with Crippen molar-refractivity contribution in [1.29, 1.82) is 0 Å². The fourth-order valence-corrected chi connectivity index (χ4v) is 7.64. The first-order chi connectivity index (χ1) is 17.0. The molecule has 184 valence electrons. The van der Waals surface area contributed by atoms with Gasteiger partial charge in [-0.05, 0) is 30.0 Å². The molecular formula is C28H31NO6. The lowest BCUT2D eigenvalue weighted by Gasteiger charge is -2.65. The molecule has 7 nitrogen and oxygen atoms in total. The lowest BCUT2D eigenvalue weighted by molar-refractivity contribution is -0.303. The highest BCUT2D eigenvalue weighted by molar-refractivity contribution is 5.64. The number of aliphatic hydroxyl groups is 2. The summed E-state index contributed by atoms with van der Waals surface area (Å²) < 4.78 is 25.5. The number of hydrogen-bond acceptors (Lipinski definition) is 7. The van der Waals surface area contributed by atoms with E-state index in [1.54, 1.807) is 0 Å². The molecule has 0 unspecified atom stereocenters. The minimum atomic E-state index is -1.20. The molecule has 0 aromatic heterocycles. The quantitative estimate of drug-likeness (QED) is 0.641. The van der Waals surface area contributed by atoms with Gasteiger partial charge in [0.25, 0.3) is 0 Å². The van der Waals surface area contributed by atoms with Gasteiger partial charge in [0.15, 0.2) is 17.6 Å². The predicted octanol–water partition coefficient (Wildman–Crippen LogP) is 2.84. The third kappa shape index (κ3) is 2.68. The standard InChI is InChI=1S/C28H31NO6/c1-2-13-29-14-12-26-21-19-8-9-20(32-17-18-6-4-3-5-7-18)23(21)35-25(26)28(33-15-16-34-28)11-10-27(26,31)24(29)22(19)30/h2-9,22,24-25,30-31H,1,10-17H2/t22-,24-,25-,26+,27-/m1/s1. The molecule has 2 aromatic rings. The van der Waals surface area contributed by atoms with E-state index in [-0.39, 0.29) is 0 Å². The average molecular weight is 478 g/mol. The summed E-state index contributed by atoms with van der Waals surface area (Å²) in [5.74, 6) is 0.315. The lowest BCUT2D eigenvalue weighted by atomic mass is 9.47. The van der Waals surface area contributed by atoms with Crippen molar-refractivity contribution >= 4 is 0 Å². The Labute approximate surface area is 204 Å². The molecule has 0 radical (unpaired) electrons. The number of fused-ring (bicyclic) bond motifs is 1. The van der Waals surface area contributed by atoms with Crippen LogP contribution in [0.4, 0.5) is 0 Å². The fourth-order valence-electron chi connectivity index (χ4n) is 7.64. The molecule has 1 saturated carbocycles. The molecule has 7 heteroatoms. The third-order valence-corrected chi connectivity index (χ3v) is 8.98. The van der Waals surface area contributed by atoms with Crippen LogP contribution in [0.25, 0.3) is 0 Å². The van der Waals surface area contributed by atoms with Gasteiger partial charge in [-0.3, -0.25) is 4.90 Å². The van der Waals surface area contributed by atoms with Gasteiger partial charge >= 0.3 is 0 Å². The van der Waals surface area contributed by atoms with Gasteiger partial charge < -0.3 is 29.2 Å². The predicted molar refractivity (Wildman–Crippen MR) is 127 cm³/mol. The van der Waals surface area contributed by atoms with Crippen molar-refractivity contribution in [3.8, 4) is 11.5 Å². The molecule has 3 fully saturated rings. The Morgan fingerprint density at radius 3 is 2.66 bits per heavy atom. The van der Waals surface area contributed by atoms with Crippen molar-refractivity contribution in [3.05, 3.63) is 71.8 Å². The zero-order valence-corrected chi connectivity index (χ0v) is 19.7. The SMILES string of the molecule is C=CCN1CC[C@]23c4c5ccc(OCc6ccccc6)c4O[C@H]2C2(CC[C@@]3(O)[C@H]1[C@@H]5O)OCCO2. The number of likely N-dealkylation sites (tertiary alicyclic amines) is 1. The van der Waals surface area contributed by atoms with Gasteiger partial charge in [0.1, 0.15) is 6.61 Å². The second-order valence-corrected chi connectivity index (χ2v) is 10.5. The molecule has 0 amide bonds. The summed E-state index contributed by atoms with van der Waals surface area (Å²) in [7, 11) is 0. The number of benzene rings is 2. The average Bonchev–Trinajstić information content (AvgIpc) is 3.48. The third-order valence-electron chi connectivity index (χ3n) is 8.98. The van der Waals surface area contributed by atoms with E-state index in [0.717, 1.165) is 16.7 Å². The topological polar surface area (TPSA) is 80.6 Å². The van der Waals surface area contributed by atoms with E-state index < -0.39 is 35.1 Å². The Hall–Kier alpha value is -2.42. The van der Waals surface area contributed by atoms with Gasteiger partial charge in [-0.2, -0.15) is 0 Å². The van der Waals surface area contributed by atoms with Gasteiger partial charge in [-0.25, -0.2) is 0 Å². The summed E-state index contributed by atoms with van der Waals surface area (Å²) >= 11 is 0. The first kappa shape index (κ1) is 21.8. The second kappa shape index (κ2) is 7.54. The maximum atomic E-state index is 12.6.